The molecule has 3 aromatic rings. The van der Waals surface area contributed by atoms with E-state index in [1.165, 1.54) is 5.56 Å². The lowest BCUT2D eigenvalue weighted by atomic mass is 10.2. The molecule has 3 aromatic heterocycles. The van der Waals surface area contributed by atoms with E-state index in [9.17, 15) is 0 Å². The van der Waals surface area contributed by atoms with Crippen molar-refractivity contribution >= 4 is 11.5 Å². The number of aryl methyl sites for hydroxylation is 1. The van der Waals surface area contributed by atoms with Crippen LogP contribution in [-0.2, 0) is 17.8 Å². The molecule has 7 nitrogen and oxygen atoms in total. The van der Waals surface area contributed by atoms with E-state index < -0.39 is 0 Å². The number of aromatic nitrogens is 4. The molecule has 0 aliphatic carbocycles. The Morgan fingerprint density at radius 2 is 1.96 bits per heavy atom. The molecule has 0 amide bonds. The summed E-state index contributed by atoms with van der Waals surface area (Å²) in [4.78, 5) is 11.2. The van der Waals surface area contributed by atoms with Gasteiger partial charge >= 0.3 is 0 Å². The van der Waals surface area contributed by atoms with Crippen LogP contribution in [-0.4, -0.2) is 45.9 Å². The van der Waals surface area contributed by atoms with Gasteiger partial charge in [-0.25, -0.2) is 14.5 Å². The van der Waals surface area contributed by atoms with E-state index in [1.54, 1.807) is 0 Å². The van der Waals surface area contributed by atoms with Gasteiger partial charge in [0.2, 0.25) is 0 Å². The maximum atomic E-state index is 5.40. The summed E-state index contributed by atoms with van der Waals surface area (Å²) < 4.78 is 7.23. The van der Waals surface area contributed by atoms with Crippen molar-refractivity contribution in [3.8, 4) is 0 Å². The number of anilines is 1. The highest BCUT2D eigenvalue weighted by atomic mass is 16.5. The van der Waals surface area contributed by atoms with Crippen molar-refractivity contribution in [3.63, 3.8) is 0 Å². The van der Waals surface area contributed by atoms with Gasteiger partial charge in [-0.3, -0.25) is 0 Å². The third kappa shape index (κ3) is 3.78. The van der Waals surface area contributed by atoms with E-state index >= 15 is 0 Å². The van der Waals surface area contributed by atoms with Gasteiger partial charge in [-0.05, 0) is 24.6 Å². The van der Waals surface area contributed by atoms with Crippen LogP contribution < -0.4 is 10.2 Å². The Morgan fingerprint density at radius 3 is 2.84 bits per heavy atom. The maximum absolute atomic E-state index is 5.40. The second-order valence-corrected chi connectivity index (χ2v) is 6.28. The number of hydrogen-bond donors (Lipinski definition) is 1. The summed E-state index contributed by atoms with van der Waals surface area (Å²) in [7, 11) is 0. The lowest BCUT2D eigenvalue weighted by Gasteiger charge is -2.28. The maximum Gasteiger partial charge on any atom is 0.155 e. The van der Waals surface area contributed by atoms with E-state index in [0.29, 0.717) is 0 Å². The first-order valence-corrected chi connectivity index (χ1v) is 8.57. The van der Waals surface area contributed by atoms with E-state index in [-0.39, 0.29) is 0 Å². The summed E-state index contributed by atoms with van der Waals surface area (Å²) in [6.07, 6.45) is 5.80. The number of fused-ring (bicyclic) bond motifs is 1. The molecule has 25 heavy (non-hydrogen) atoms. The highest BCUT2D eigenvalue weighted by molar-refractivity contribution is 5.41. The molecule has 0 saturated carbocycles. The molecule has 130 valence electrons. The predicted octanol–water partition coefficient (Wildman–Crippen LogP) is 1.56. The minimum atomic E-state index is 0.747. The van der Waals surface area contributed by atoms with Crippen molar-refractivity contribution in [3.05, 3.63) is 53.6 Å². The van der Waals surface area contributed by atoms with Crippen LogP contribution in [0.3, 0.4) is 0 Å². The van der Waals surface area contributed by atoms with Crippen LogP contribution in [0.25, 0.3) is 5.65 Å². The Labute approximate surface area is 146 Å². The fraction of sp³-hybridized carbons (Fsp3) is 0.389. The average Bonchev–Trinajstić information content (AvgIpc) is 3.02. The third-order valence-electron chi connectivity index (χ3n) is 4.29. The van der Waals surface area contributed by atoms with E-state index in [2.05, 4.69) is 37.4 Å². The first-order chi connectivity index (χ1) is 12.3. The number of ether oxygens (including phenoxy) is 1. The number of rotatable bonds is 5. The zero-order chi connectivity index (χ0) is 17.1. The van der Waals surface area contributed by atoms with Crippen LogP contribution in [0.1, 0.15) is 16.8 Å². The summed E-state index contributed by atoms with van der Waals surface area (Å²) in [5.41, 5.74) is 4.19. The first kappa shape index (κ1) is 16.0. The molecule has 1 fully saturated rings. The molecule has 0 radical (unpaired) electrons. The molecule has 7 heteroatoms. The molecule has 4 heterocycles. The summed E-state index contributed by atoms with van der Waals surface area (Å²) in [6.45, 7) is 6.85. The van der Waals surface area contributed by atoms with Crippen LogP contribution in [0.15, 0.2) is 36.8 Å². The lowest BCUT2D eigenvalue weighted by Crippen LogP contribution is -2.36. The zero-order valence-electron chi connectivity index (χ0n) is 14.4. The van der Waals surface area contributed by atoms with Crippen LogP contribution in [0.2, 0.25) is 0 Å². The molecule has 1 aliphatic heterocycles. The molecule has 0 spiro atoms. The van der Waals surface area contributed by atoms with Crippen molar-refractivity contribution in [1.29, 1.82) is 0 Å². The number of pyridine rings is 1. The third-order valence-corrected chi connectivity index (χ3v) is 4.29. The van der Waals surface area contributed by atoms with Crippen LogP contribution in [0.4, 0.5) is 5.82 Å². The van der Waals surface area contributed by atoms with E-state index in [4.69, 9.17) is 4.74 Å². The Hall–Kier alpha value is -2.51. The highest BCUT2D eigenvalue weighted by Crippen LogP contribution is 2.14. The van der Waals surface area contributed by atoms with Gasteiger partial charge in [0.15, 0.2) is 5.65 Å². The Morgan fingerprint density at radius 1 is 1.12 bits per heavy atom. The zero-order valence-corrected chi connectivity index (χ0v) is 14.4. The SMILES string of the molecule is Cc1cc2ncc(CNCc3ccnc(N4CCOCC4)c3)cn2n1. The fourth-order valence-corrected chi connectivity index (χ4v) is 3.01. The number of nitrogens with zero attached hydrogens (tertiary/aromatic N) is 5. The monoisotopic (exact) mass is 338 g/mol. The molecule has 0 bridgehead atoms. The van der Waals surface area contributed by atoms with Gasteiger partial charge in [0.1, 0.15) is 5.82 Å². The Bertz CT molecular complexity index is 856. The van der Waals surface area contributed by atoms with Crippen LogP contribution in [0.5, 0.6) is 0 Å². The lowest BCUT2D eigenvalue weighted by molar-refractivity contribution is 0.122. The van der Waals surface area contributed by atoms with Gasteiger partial charge in [0.05, 0.1) is 18.9 Å². The smallest absolute Gasteiger partial charge is 0.155 e. The van der Waals surface area contributed by atoms with Crippen molar-refractivity contribution in [2.24, 2.45) is 0 Å². The van der Waals surface area contributed by atoms with Gasteiger partial charge < -0.3 is 15.0 Å². The van der Waals surface area contributed by atoms with Crippen LogP contribution >= 0.6 is 0 Å². The largest absolute Gasteiger partial charge is 0.378 e. The predicted molar refractivity (Wildman–Crippen MR) is 95.5 cm³/mol. The average molecular weight is 338 g/mol. The van der Waals surface area contributed by atoms with Crippen molar-refractivity contribution < 1.29 is 4.74 Å². The molecule has 0 aromatic carbocycles. The second-order valence-electron chi connectivity index (χ2n) is 6.28. The van der Waals surface area contributed by atoms with Gasteiger partial charge in [-0.1, -0.05) is 0 Å². The van der Waals surface area contributed by atoms with Gasteiger partial charge in [-0.15, -0.1) is 0 Å². The van der Waals surface area contributed by atoms with E-state index in [1.807, 2.05) is 36.1 Å². The summed E-state index contributed by atoms with van der Waals surface area (Å²) in [5, 5.41) is 7.87. The summed E-state index contributed by atoms with van der Waals surface area (Å²) in [6, 6.07) is 6.17. The molecule has 1 aliphatic rings. The molecule has 0 atom stereocenters. The van der Waals surface area contributed by atoms with Crippen molar-refractivity contribution in [2.75, 3.05) is 31.2 Å². The van der Waals surface area contributed by atoms with E-state index in [0.717, 1.165) is 62.1 Å². The van der Waals surface area contributed by atoms with Crippen molar-refractivity contribution in [1.82, 2.24) is 24.9 Å². The normalized spacial score (nSPS) is 15.0. The molecule has 1 saturated heterocycles. The highest BCUT2D eigenvalue weighted by Gasteiger charge is 2.12. The first-order valence-electron chi connectivity index (χ1n) is 8.57. The fourth-order valence-electron chi connectivity index (χ4n) is 3.01. The molecular formula is C18H22N6O. The topological polar surface area (TPSA) is 67.6 Å². The minimum Gasteiger partial charge on any atom is -0.378 e. The second kappa shape index (κ2) is 7.16. The van der Waals surface area contributed by atoms with Gasteiger partial charge in [-0.2, -0.15) is 5.10 Å². The Balaban J connectivity index is 1.37. The Kier molecular flexibility index (Phi) is 4.58. The standard InChI is InChI=1S/C18H22N6O/c1-14-8-18-21-12-16(13-24(18)22-14)11-19-10-15-2-3-20-17(9-15)23-4-6-25-7-5-23/h2-3,8-9,12-13,19H,4-7,10-11H2,1H3. The quantitative estimate of drug-likeness (QED) is 0.761. The molecular weight excluding hydrogens is 316 g/mol. The van der Waals surface area contributed by atoms with Crippen LogP contribution in [0, 0.1) is 6.92 Å². The molecule has 0 unspecified atom stereocenters. The number of hydrogen-bond acceptors (Lipinski definition) is 6. The van der Waals surface area contributed by atoms with Gasteiger partial charge in [0.25, 0.3) is 0 Å². The minimum absolute atomic E-state index is 0.747. The van der Waals surface area contributed by atoms with Crippen molar-refractivity contribution in [2.45, 2.75) is 20.0 Å². The summed E-state index contributed by atoms with van der Waals surface area (Å²) >= 11 is 0. The number of morpholine rings is 1. The molecule has 1 N–H and O–H groups in total. The molecule has 4 rings (SSSR count). The number of nitrogens with one attached hydrogen (secondary N) is 1. The van der Waals surface area contributed by atoms with Gasteiger partial charge in [0, 0.05) is 56.4 Å². The summed E-state index contributed by atoms with van der Waals surface area (Å²) in [5.74, 6) is 1.03.